The maximum absolute atomic E-state index is 10.8. The molecule has 1 aromatic rings. The number of aliphatic hydroxyl groups is 1. The molecule has 0 aliphatic rings. The topological polar surface area (TPSA) is 55.8 Å². The summed E-state index contributed by atoms with van der Waals surface area (Å²) in [6.45, 7) is 1.53. The summed E-state index contributed by atoms with van der Waals surface area (Å²) in [6, 6.07) is 5.25. The van der Waals surface area contributed by atoms with Crippen LogP contribution in [0.3, 0.4) is 0 Å². The molecule has 0 heterocycles. The van der Waals surface area contributed by atoms with Gasteiger partial charge in [0, 0.05) is 6.08 Å². The van der Waals surface area contributed by atoms with E-state index in [2.05, 4.69) is 5.92 Å². The number of benzene rings is 1. The van der Waals surface area contributed by atoms with Crippen molar-refractivity contribution in [2.24, 2.45) is 0 Å². The smallest absolute Gasteiger partial charge is 0.162 e. The third-order valence-electron chi connectivity index (χ3n) is 2.30. The van der Waals surface area contributed by atoms with Gasteiger partial charge in [-0.3, -0.25) is 4.79 Å². The fraction of sp³-hybridized carbons (Fsp3) is 0.188. The van der Waals surface area contributed by atoms with Gasteiger partial charge in [-0.15, -0.1) is 6.42 Å². The van der Waals surface area contributed by atoms with Crippen molar-refractivity contribution in [3.63, 3.8) is 0 Å². The van der Waals surface area contributed by atoms with Gasteiger partial charge in [0.2, 0.25) is 0 Å². The standard InChI is InChI=1S/C16H16O4/c1-4-9-20-15-8-6-13(11-16(15)19-3)5-7-14(18)10-12(2)17/h1,5-8,10-11,18H,9H2,2-3H3/b7-5+,14-10-. The molecule has 0 amide bonds. The van der Waals surface area contributed by atoms with E-state index in [-0.39, 0.29) is 18.1 Å². The molecule has 20 heavy (non-hydrogen) atoms. The van der Waals surface area contributed by atoms with Crippen molar-refractivity contribution >= 4 is 11.9 Å². The molecule has 0 fully saturated rings. The van der Waals surface area contributed by atoms with Crippen molar-refractivity contribution in [1.29, 1.82) is 0 Å². The first-order valence-corrected chi connectivity index (χ1v) is 5.90. The van der Waals surface area contributed by atoms with Crippen molar-refractivity contribution in [3.8, 4) is 23.8 Å². The molecule has 0 aromatic heterocycles. The summed E-state index contributed by atoms with van der Waals surface area (Å²) >= 11 is 0. The van der Waals surface area contributed by atoms with Gasteiger partial charge in [-0.05, 0) is 30.7 Å². The van der Waals surface area contributed by atoms with Crippen LogP contribution >= 0.6 is 0 Å². The Balaban J connectivity index is 2.91. The molecule has 0 saturated heterocycles. The van der Waals surface area contributed by atoms with Crippen LogP contribution in [-0.4, -0.2) is 24.6 Å². The Labute approximate surface area is 118 Å². The molecule has 0 aliphatic carbocycles. The summed E-state index contributed by atoms with van der Waals surface area (Å²) in [6.07, 6.45) is 9.35. The van der Waals surface area contributed by atoms with Gasteiger partial charge >= 0.3 is 0 Å². The summed E-state index contributed by atoms with van der Waals surface area (Å²) in [7, 11) is 1.53. The van der Waals surface area contributed by atoms with Gasteiger partial charge in [0.05, 0.1) is 7.11 Å². The summed E-state index contributed by atoms with van der Waals surface area (Å²) in [5.74, 6) is 3.14. The molecule has 1 rings (SSSR count). The molecule has 4 heteroatoms. The Morgan fingerprint density at radius 3 is 2.80 bits per heavy atom. The van der Waals surface area contributed by atoms with Crippen LogP contribution in [0.25, 0.3) is 6.08 Å². The zero-order valence-corrected chi connectivity index (χ0v) is 11.4. The number of hydrogen-bond donors (Lipinski definition) is 1. The first kappa shape index (κ1) is 15.4. The maximum atomic E-state index is 10.8. The van der Waals surface area contributed by atoms with Crippen LogP contribution in [0.15, 0.2) is 36.1 Å². The molecule has 0 unspecified atom stereocenters. The quantitative estimate of drug-likeness (QED) is 0.374. The number of carbonyl (C=O) groups is 1. The van der Waals surface area contributed by atoms with Crippen LogP contribution in [0.5, 0.6) is 11.5 Å². The fourth-order valence-corrected chi connectivity index (χ4v) is 1.46. The van der Waals surface area contributed by atoms with E-state index < -0.39 is 0 Å². The van der Waals surface area contributed by atoms with E-state index in [4.69, 9.17) is 15.9 Å². The number of ketones is 1. The minimum absolute atomic E-state index is 0.107. The lowest BCUT2D eigenvalue weighted by molar-refractivity contribution is -0.112. The Kier molecular flexibility index (Phi) is 5.92. The molecule has 0 atom stereocenters. The predicted octanol–water partition coefficient (Wildman–Crippen LogP) is 2.75. The Morgan fingerprint density at radius 1 is 1.45 bits per heavy atom. The molecule has 0 aliphatic heterocycles. The van der Waals surface area contributed by atoms with Gasteiger partial charge in [-0.1, -0.05) is 18.1 Å². The lowest BCUT2D eigenvalue weighted by atomic mass is 10.1. The number of methoxy groups -OCH3 is 1. The molecule has 1 N–H and O–H groups in total. The molecular weight excluding hydrogens is 256 g/mol. The zero-order valence-electron chi connectivity index (χ0n) is 11.4. The molecule has 0 radical (unpaired) electrons. The van der Waals surface area contributed by atoms with Crippen molar-refractivity contribution in [2.45, 2.75) is 6.92 Å². The highest BCUT2D eigenvalue weighted by atomic mass is 16.5. The van der Waals surface area contributed by atoms with E-state index in [0.29, 0.717) is 11.5 Å². The molecule has 1 aromatic carbocycles. The third-order valence-corrected chi connectivity index (χ3v) is 2.30. The first-order chi connectivity index (χ1) is 9.56. The zero-order chi connectivity index (χ0) is 15.0. The molecule has 4 nitrogen and oxygen atoms in total. The van der Waals surface area contributed by atoms with Crippen LogP contribution < -0.4 is 9.47 Å². The van der Waals surface area contributed by atoms with E-state index in [0.717, 1.165) is 11.6 Å². The lowest BCUT2D eigenvalue weighted by Gasteiger charge is -2.09. The summed E-state index contributed by atoms with van der Waals surface area (Å²) in [4.78, 5) is 10.8. The van der Waals surface area contributed by atoms with Crippen LogP contribution in [0.4, 0.5) is 0 Å². The Hall–Kier alpha value is -2.67. The van der Waals surface area contributed by atoms with E-state index >= 15 is 0 Å². The van der Waals surface area contributed by atoms with Crippen LogP contribution in [0.2, 0.25) is 0 Å². The second-order valence-corrected chi connectivity index (χ2v) is 3.92. The monoisotopic (exact) mass is 272 g/mol. The Bertz CT molecular complexity index is 577. The van der Waals surface area contributed by atoms with Crippen LogP contribution in [0.1, 0.15) is 12.5 Å². The number of allylic oxidation sites excluding steroid dienone is 2. The normalized spacial score (nSPS) is 11.2. The second-order valence-electron chi connectivity index (χ2n) is 3.92. The van der Waals surface area contributed by atoms with E-state index in [9.17, 15) is 9.90 Å². The third kappa shape index (κ3) is 4.91. The van der Waals surface area contributed by atoms with Gasteiger partial charge in [0.15, 0.2) is 17.3 Å². The minimum atomic E-state index is -0.220. The van der Waals surface area contributed by atoms with E-state index in [1.165, 1.54) is 20.1 Å². The van der Waals surface area contributed by atoms with Gasteiger partial charge < -0.3 is 14.6 Å². The SMILES string of the molecule is C#CCOc1ccc(/C=C/C(O)=C/C(C)=O)cc1OC. The average molecular weight is 272 g/mol. The number of ether oxygens (including phenoxy) is 2. The van der Waals surface area contributed by atoms with Gasteiger partial charge in [0.1, 0.15) is 12.4 Å². The maximum Gasteiger partial charge on any atom is 0.162 e. The van der Waals surface area contributed by atoms with Crippen molar-refractivity contribution in [3.05, 3.63) is 41.7 Å². The highest BCUT2D eigenvalue weighted by molar-refractivity contribution is 5.88. The summed E-state index contributed by atoms with van der Waals surface area (Å²) < 4.78 is 10.5. The number of terminal acetylenes is 1. The molecule has 0 spiro atoms. The second kappa shape index (κ2) is 7.70. The number of hydrogen-bond acceptors (Lipinski definition) is 4. The van der Waals surface area contributed by atoms with Crippen LogP contribution in [-0.2, 0) is 4.79 Å². The van der Waals surface area contributed by atoms with Gasteiger partial charge in [-0.2, -0.15) is 0 Å². The number of carbonyl (C=O) groups excluding carboxylic acids is 1. The highest BCUT2D eigenvalue weighted by Crippen LogP contribution is 2.28. The van der Waals surface area contributed by atoms with Crippen molar-refractivity contribution in [1.82, 2.24) is 0 Å². The number of rotatable bonds is 6. The Morgan fingerprint density at radius 2 is 2.20 bits per heavy atom. The predicted molar refractivity (Wildman–Crippen MR) is 77.7 cm³/mol. The molecule has 104 valence electrons. The number of aliphatic hydroxyl groups excluding tert-OH is 1. The van der Waals surface area contributed by atoms with Gasteiger partial charge in [0.25, 0.3) is 0 Å². The molecule has 0 saturated carbocycles. The molecular formula is C16H16O4. The molecule has 0 bridgehead atoms. The minimum Gasteiger partial charge on any atom is -0.508 e. The average Bonchev–Trinajstić information content (AvgIpc) is 2.42. The van der Waals surface area contributed by atoms with E-state index in [1.807, 2.05) is 0 Å². The highest BCUT2D eigenvalue weighted by Gasteiger charge is 2.04. The first-order valence-electron chi connectivity index (χ1n) is 5.90. The largest absolute Gasteiger partial charge is 0.508 e. The van der Waals surface area contributed by atoms with Crippen molar-refractivity contribution in [2.75, 3.05) is 13.7 Å². The fourth-order valence-electron chi connectivity index (χ4n) is 1.46. The van der Waals surface area contributed by atoms with Gasteiger partial charge in [-0.25, -0.2) is 0 Å². The summed E-state index contributed by atoms with van der Waals surface area (Å²) in [5.41, 5.74) is 0.790. The lowest BCUT2D eigenvalue weighted by Crippen LogP contribution is -1.96. The van der Waals surface area contributed by atoms with Crippen LogP contribution in [0, 0.1) is 12.3 Å². The summed E-state index contributed by atoms with van der Waals surface area (Å²) in [5, 5.41) is 9.45. The van der Waals surface area contributed by atoms with Crippen molar-refractivity contribution < 1.29 is 19.4 Å². The van der Waals surface area contributed by atoms with E-state index in [1.54, 1.807) is 24.3 Å².